The zero-order valence-electron chi connectivity index (χ0n) is 28.8. The number of unbranched alkanes of at least 4 members (excludes halogenated alkanes) is 1. The Labute approximate surface area is 308 Å². The van der Waals surface area contributed by atoms with Gasteiger partial charge in [0.25, 0.3) is 0 Å². The number of hydrogen-bond donors (Lipinski definition) is 4. The molecule has 0 aliphatic carbocycles. The van der Waals surface area contributed by atoms with Crippen LogP contribution < -0.4 is 16.4 Å². The molecule has 4 aromatic carbocycles. The Hall–Kier alpha value is -5.07. The van der Waals surface area contributed by atoms with E-state index >= 15 is 0 Å². The van der Waals surface area contributed by atoms with Crippen molar-refractivity contribution >= 4 is 35.0 Å². The monoisotopic (exact) mass is 717 g/mol. The standard InChI is InChI=1S/C41H43N5O5S/c42-35-12-1-2-13-36(35)46-39(49)15-4-3-14-38(48)45-25-29-8-5-9-31(22-29)32-10-6-11-33(23-32)40-50-34(27-52-41-43-20-7-21-44-41)24-37(51-40)30-18-16-28(26-47)17-19-30/h1-2,5-13,16-23,34,37,40,47H,3-4,14-15,24-27,42H2,(H,45,48)(H,46,49)/t34-,37+,40+/m0/s1. The molecule has 52 heavy (non-hydrogen) atoms. The molecule has 1 saturated heterocycles. The zero-order chi connectivity index (χ0) is 36.1. The molecule has 5 N–H and O–H groups in total. The normalized spacial score (nSPS) is 17.0. The number of nitrogens with two attached hydrogens (primary N) is 1. The van der Waals surface area contributed by atoms with E-state index in [9.17, 15) is 14.7 Å². The minimum Gasteiger partial charge on any atom is -0.397 e. The maximum absolute atomic E-state index is 12.6. The number of nitrogen functional groups attached to an aromatic ring is 1. The van der Waals surface area contributed by atoms with Crippen LogP contribution in [-0.4, -0.2) is 38.7 Å². The van der Waals surface area contributed by atoms with Crippen molar-refractivity contribution in [1.82, 2.24) is 15.3 Å². The van der Waals surface area contributed by atoms with E-state index in [1.807, 2.05) is 66.7 Å². The number of carbonyl (C=O) groups is 2. The lowest BCUT2D eigenvalue weighted by molar-refractivity contribution is -0.245. The molecule has 6 rings (SSSR count). The Bertz CT molecular complexity index is 1930. The minimum absolute atomic E-state index is 0.0117. The number of nitrogens with zero attached hydrogens (tertiary/aromatic N) is 2. The van der Waals surface area contributed by atoms with Gasteiger partial charge in [-0.15, -0.1) is 0 Å². The van der Waals surface area contributed by atoms with E-state index in [4.69, 9.17) is 15.2 Å². The average molecular weight is 718 g/mol. The Kier molecular flexibility index (Phi) is 13.0. The third-order valence-corrected chi connectivity index (χ3v) is 9.76. The van der Waals surface area contributed by atoms with Crippen LogP contribution in [-0.2, 0) is 32.2 Å². The van der Waals surface area contributed by atoms with Gasteiger partial charge in [-0.1, -0.05) is 84.6 Å². The number of aromatic nitrogens is 2. The van der Waals surface area contributed by atoms with E-state index in [0.29, 0.717) is 60.9 Å². The van der Waals surface area contributed by atoms with Gasteiger partial charge in [0.2, 0.25) is 11.8 Å². The Morgan fingerprint density at radius 3 is 2.29 bits per heavy atom. The van der Waals surface area contributed by atoms with E-state index < -0.39 is 6.29 Å². The molecular weight excluding hydrogens is 675 g/mol. The lowest BCUT2D eigenvalue weighted by Crippen LogP contribution is -2.31. The van der Waals surface area contributed by atoms with Crippen molar-refractivity contribution in [3.8, 4) is 11.1 Å². The van der Waals surface area contributed by atoms with Gasteiger partial charge in [-0.3, -0.25) is 9.59 Å². The van der Waals surface area contributed by atoms with E-state index in [1.165, 1.54) is 0 Å². The fourth-order valence-corrected chi connectivity index (χ4v) is 6.78. The third kappa shape index (κ3) is 10.5. The first kappa shape index (κ1) is 36.7. The number of benzene rings is 4. The largest absolute Gasteiger partial charge is 0.397 e. The highest BCUT2D eigenvalue weighted by Gasteiger charge is 2.32. The number of aliphatic hydroxyl groups excluding tert-OH is 1. The topological polar surface area (TPSA) is 149 Å². The summed E-state index contributed by atoms with van der Waals surface area (Å²) in [7, 11) is 0. The van der Waals surface area contributed by atoms with Crippen LogP contribution >= 0.6 is 11.8 Å². The molecule has 10 nitrogen and oxygen atoms in total. The molecule has 1 aromatic heterocycles. The first-order valence-electron chi connectivity index (χ1n) is 17.4. The summed E-state index contributed by atoms with van der Waals surface area (Å²) in [6.07, 6.45) is 5.10. The number of rotatable bonds is 15. The molecule has 3 atom stereocenters. The summed E-state index contributed by atoms with van der Waals surface area (Å²) < 4.78 is 13.1. The summed E-state index contributed by atoms with van der Waals surface area (Å²) >= 11 is 1.56. The summed E-state index contributed by atoms with van der Waals surface area (Å²) in [5, 5.41) is 16.1. The number of ether oxygens (including phenoxy) is 2. The van der Waals surface area contributed by atoms with Crippen molar-refractivity contribution in [2.75, 3.05) is 16.8 Å². The van der Waals surface area contributed by atoms with Crippen molar-refractivity contribution in [3.05, 3.63) is 138 Å². The summed E-state index contributed by atoms with van der Waals surface area (Å²) in [6, 6.07) is 33.1. The highest BCUT2D eigenvalue weighted by Crippen LogP contribution is 2.40. The van der Waals surface area contributed by atoms with E-state index in [2.05, 4.69) is 38.8 Å². The fourth-order valence-electron chi connectivity index (χ4n) is 5.96. The Balaban J connectivity index is 1.05. The first-order valence-corrected chi connectivity index (χ1v) is 18.4. The highest BCUT2D eigenvalue weighted by atomic mass is 32.2. The Morgan fingerprint density at radius 1 is 0.788 bits per heavy atom. The molecule has 1 fully saturated rings. The fraction of sp³-hybridized carbons (Fsp3) is 0.268. The van der Waals surface area contributed by atoms with Crippen molar-refractivity contribution in [3.63, 3.8) is 0 Å². The van der Waals surface area contributed by atoms with Crippen LogP contribution in [0.15, 0.2) is 121 Å². The van der Waals surface area contributed by atoms with Crippen molar-refractivity contribution in [2.24, 2.45) is 0 Å². The van der Waals surface area contributed by atoms with Crippen molar-refractivity contribution in [1.29, 1.82) is 0 Å². The van der Waals surface area contributed by atoms with Gasteiger partial charge in [0, 0.05) is 49.5 Å². The van der Waals surface area contributed by atoms with Gasteiger partial charge in [0.1, 0.15) is 0 Å². The summed E-state index contributed by atoms with van der Waals surface area (Å²) in [5.41, 5.74) is 12.8. The maximum atomic E-state index is 12.6. The maximum Gasteiger partial charge on any atom is 0.224 e. The van der Waals surface area contributed by atoms with Crippen molar-refractivity contribution in [2.45, 2.75) is 68.9 Å². The molecule has 0 spiro atoms. The van der Waals surface area contributed by atoms with Crippen LogP contribution in [0.1, 0.15) is 66.8 Å². The number of hydrogen-bond acceptors (Lipinski definition) is 9. The predicted molar refractivity (Wildman–Crippen MR) is 203 cm³/mol. The lowest BCUT2D eigenvalue weighted by Gasteiger charge is -2.36. The molecule has 0 unspecified atom stereocenters. The molecule has 2 amide bonds. The summed E-state index contributed by atoms with van der Waals surface area (Å²) in [5.74, 6) is 0.492. The lowest BCUT2D eigenvalue weighted by atomic mass is 9.99. The average Bonchev–Trinajstić information content (AvgIpc) is 3.19. The SMILES string of the molecule is Nc1ccccc1NC(=O)CCCCC(=O)NCc1cccc(-c2cccc([C@@H]3O[C@H](CSc4ncccn4)C[C@H](c4ccc(CO)cc4)O3)c2)c1. The van der Waals surface area contributed by atoms with Gasteiger partial charge in [-0.25, -0.2) is 9.97 Å². The first-order chi connectivity index (χ1) is 25.4. The predicted octanol–water partition coefficient (Wildman–Crippen LogP) is 7.37. The van der Waals surface area contributed by atoms with Gasteiger partial charge in [-0.2, -0.15) is 0 Å². The van der Waals surface area contributed by atoms with E-state index in [-0.39, 0.29) is 30.6 Å². The van der Waals surface area contributed by atoms with E-state index in [1.54, 1.807) is 42.4 Å². The van der Waals surface area contributed by atoms with Crippen LogP contribution in [0.2, 0.25) is 0 Å². The number of nitrogens with one attached hydrogen (secondary N) is 2. The van der Waals surface area contributed by atoms with Crippen LogP contribution in [0.5, 0.6) is 0 Å². The van der Waals surface area contributed by atoms with Gasteiger partial charge in [0.05, 0.1) is 30.2 Å². The smallest absolute Gasteiger partial charge is 0.224 e. The van der Waals surface area contributed by atoms with Gasteiger partial charge < -0.3 is 30.9 Å². The zero-order valence-corrected chi connectivity index (χ0v) is 29.6. The van der Waals surface area contributed by atoms with Crippen LogP contribution in [0, 0.1) is 0 Å². The van der Waals surface area contributed by atoms with Gasteiger partial charge in [0.15, 0.2) is 11.4 Å². The molecule has 268 valence electrons. The molecule has 0 bridgehead atoms. The highest BCUT2D eigenvalue weighted by molar-refractivity contribution is 7.99. The summed E-state index contributed by atoms with van der Waals surface area (Å²) in [6.45, 7) is 0.387. The molecule has 0 saturated carbocycles. The van der Waals surface area contributed by atoms with Crippen LogP contribution in [0.25, 0.3) is 11.1 Å². The van der Waals surface area contributed by atoms with Crippen LogP contribution in [0.3, 0.4) is 0 Å². The second-order valence-electron chi connectivity index (χ2n) is 12.6. The molecule has 0 radical (unpaired) electrons. The molecule has 2 heterocycles. The number of amides is 2. The second-order valence-corrected chi connectivity index (χ2v) is 13.6. The Morgan fingerprint density at radius 2 is 1.52 bits per heavy atom. The summed E-state index contributed by atoms with van der Waals surface area (Å²) in [4.78, 5) is 33.6. The van der Waals surface area contributed by atoms with E-state index in [0.717, 1.165) is 33.4 Å². The van der Waals surface area contributed by atoms with Gasteiger partial charge >= 0.3 is 0 Å². The molecule has 1 aliphatic rings. The quantitative estimate of drug-likeness (QED) is 0.0377. The molecular formula is C41H43N5O5S. The number of para-hydroxylation sites is 2. The minimum atomic E-state index is -0.594. The number of carbonyl (C=O) groups excluding carboxylic acids is 2. The number of aliphatic hydroxyl groups is 1. The van der Waals surface area contributed by atoms with Crippen LogP contribution in [0.4, 0.5) is 11.4 Å². The molecule has 1 aliphatic heterocycles. The number of thioether (sulfide) groups is 1. The second kappa shape index (κ2) is 18.4. The third-order valence-electron chi connectivity index (χ3n) is 8.76. The number of anilines is 2. The molecule has 11 heteroatoms. The van der Waals surface area contributed by atoms with Crippen molar-refractivity contribution < 1.29 is 24.2 Å². The van der Waals surface area contributed by atoms with Gasteiger partial charge in [-0.05, 0) is 71.0 Å². The molecule has 5 aromatic rings.